The van der Waals surface area contributed by atoms with E-state index in [1.165, 1.54) is 6.33 Å². The number of nitrogens with one attached hydrogen (secondary N) is 1. The van der Waals surface area contributed by atoms with E-state index in [0.29, 0.717) is 11.5 Å². The Morgan fingerprint density at radius 2 is 1.85 bits per heavy atom. The number of para-hydroxylation sites is 1. The van der Waals surface area contributed by atoms with Crippen molar-refractivity contribution < 1.29 is 4.79 Å². The topological polar surface area (TPSA) is 58.1 Å². The number of carbonyl (C=O) groups excluding carboxylic acids is 1. The highest BCUT2D eigenvalue weighted by atomic mass is 16.2. The first-order chi connectivity index (χ1) is 9.83. The molecule has 0 spiro atoms. The Kier molecular flexibility index (Phi) is 3.58. The minimum atomic E-state index is -0.0130. The van der Waals surface area contributed by atoms with E-state index >= 15 is 0 Å². The van der Waals surface area contributed by atoms with Crippen molar-refractivity contribution >= 4 is 17.4 Å². The maximum Gasteiger partial charge on any atom is 0.272 e. The summed E-state index contributed by atoms with van der Waals surface area (Å²) in [4.78, 5) is 22.3. The van der Waals surface area contributed by atoms with Crippen LogP contribution in [-0.2, 0) is 0 Å². The third kappa shape index (κ3) is 2.77. The highest BCUT2D eigenvalue weighted by molar-refractivity contribution is 5.93. The lowest BCUT2D eigenvalue weighted by Gasteiger charge is -2.14. The fourth-order valence-corrected chi connectivity index (χ4v) is 2.29. The van der Waals surface area contributed by atoms with Crippen LogP contribution in [0.25, 0.3) is 0 Å². The number of carbonyl (C=O) groups is 1. The largest absolute Gasteiger partial charge is 0.340 e. The Morgan fingerprint density at radius 3 is 2.60 bits per heavy atom. The Labute approximate surface area is 117 Å². The van der Waals surface area contributed by atoms with Crippen LogP contribution in [0.2, 0.25) is 0 Å². The van der Waals surface area contributed by atoms with Gasteiger partial charge in [0.1, 0.15) is 17.8 Å². The van der Waals surface area contributed by atoms with Crippen LogP contribution >= 0.6 is 0 Å². The second-order valence-electron chi connectivity index (χ2n) is 4.78. The molecule has 5 nitrogen and oxygen atoms in total. The highest BCUT2D eigenvalue weighted by Gasteiger charge is 2.20. The summed E-state index contributed by atoms with van der Waals surface area (Å²) in [5, 5.41) is 3.17. The van der Waals surface area contributed by atoms with E-state index in [2.05, 4.69) is 15.3 Å². The van der Waals surface area contributed by atoms with E-state index in [9.17, 15) is 4.79 Å². The molecule has 0 atom stereocenters. The number of rotatable bonds is 3. The minimum absolute atomic E-state index is 0.0130. The predicted octanol–water partition coefficient (Wildman–Crippen LogP) is 2.46. The first-order valence-electron chi connectivity index (χ1n) is 6.76. The molecule has 1 amide bonds. The number of hydrogen-bond donors (Lipinski definition) is 1. The molecule has 5 heteroatoms. The van der Waals surface area contributed by atoms with E-state index < -0.39 is 0 Å². The molecule has 1 aromatic heterocycles. The Hall–Kier alpha value is -2.43. The predicted molar refractivity (Wildman–Crippen MR) is 76.9 cm³/mol. The molecule has 3 rings (SSSR count). The summed E-state index contributed by atoms with van der Waals surface area (Å²) in [7, 11) is 0. The maximum absolute atomic E-state index is 12.3. The number of nitrogens with zero attached hydrogens (tertiary/aromatic N) is 3. The summed E-state index contributed by atoms with van der Waals surface area (Å²) in [6.45, 7) is 1.65. The van der Waals surface area contributed by atoms with Crippen LogP contribution in [0.4, 0.5) is 11.5 Å². The SMILES string of the molecule is O=C(c1cc(Nc2ccccc2)ncn1)N1CCCC1. The molecule has 1 aromatic carbocycles. The molecule has 0 bridgehead atoms. The van der Waals surface area contributed by atoms with Gasteiger partial charge in [-0.25, -0.2) is 9.97 Å². The van der Waals surface area contributed by atoms with Crippen molar-refractivity contribution in [1.82, 2.24) is 14.9 Å². The number of likely N-dealkylation sites (tertiary alicyclic amines) is 1. The highest BCUT2D eigenvalue weighted by Crippen LogP contribution is 2.16. The van der Waals surface area contributed by atoms with Crippen LogP contribution in [0, 0.1) is 0 Å². The summed E-state index contributed by atoms with van der Waals surface area (Å²) in [5.41, 5.74) is 1.38. The van der Waals surface area contributed by atoms with Crippen LogP contribution < -0.4 is 5.32 Å². The van der Waals surface area contributed by atoms with Crippen molar-refractivity contribution in [2.75, 3.05) is 18.4 Å². The maximum atomic E-state index is 12.3. The number of amides is 1. The lowest BCUT2D eigenvalue weighted by molar-refractivity contribution is 0.0787. The first-order valence-corrected chi connectivity index (χ1v) is 6.76. The Bertz CT molecular complexity index is 594. The molecule has 102 valence electrons. The molecular weight excluding hydrogens is 252 g/mol. The summed E-state index contributed by atoms with van der Waals surface area (Å²) in [6, 6.07) is 11.4. The molecular formula is C15H16N4O. The van der Waals surface area contributed by atoms with Gasteiger partial charge in [-0.15, -0.1) is 0 Å². The van der Waals surface area contributed by atoms with Gasteiger partial charge < -0.3 is 10.2 Å². The molecule has 1 saturated heterocycles. The molecule has 0 aliphatic carbocycles. The van der Waals surface area contributed by atoms with Crippen molar-refractivity contribution in [1.29, 1.82) is 0 Å². The van der Waals surface area contributed by atoms with Crippen molar-refractivity contribution in [2.24, 2.45) is 0 Å². The molecule has 1 aliphatic heterocycles. The summed E-state index contributed by atoms with van der Waals surface area (Å²) in [6.07, 6.45) is 3.58. The van der Waals surface area contributed by atoms with Gasteiger partial charge in [0.25, 0.3) is 5.91 Å². The van der Waals surface area contributed by atoms with Gasteiger partial charge >= 0.3 is 0 Å². The average Bonchev–Trinajstić information content (AvgIpc) is 3.02. The number of hydrogen-bond acceptors (Lipinski definition) is 4. The van der Waals surface area contributed by atoms with Gasteiger partial charge in [0, 0.05) is 24.8 Å². The monoisotopic (exact) mass is 268 g/mol. The Balaban J connectivity index is 1.77. The molecule has 20 heavy (non-hydrogen) atoms. The summed E-state index contributed by atoms with van der Waals surface area (Å²) in [5.74, 6) is 0.620. The van der Waals surface area contributed by atoms with Crippen molar-refractivity contribution in [2.45, 2.75) is 12.8 Å². The number of aromatic nitrogens is 2. The molecule has 0 saturated carbocycles. The van der Waals surface area contributed by atoms with Crippen molar-refractivity contribution in [3.63, 3.8) is 0 Å². The van der Waals surface area contributed by atoms with E-state index in [1.807, 2.05) is 35.2 Å². The van der Waals surface area contributed by atoms with Crippen LogP contribution in [0.15, 0.2) is 42.7 Å². The van der Waals surface area contributed by atoms with Crippen LogP contribution in [-0.4, -0.2) is 33.9 Å². The van der Waals surface area contributed by atoms with Gasteiger partial charge in [-0.2, -0.15) is 0 Å². The molecule has 0 unspecified atom stereocenters. The van der Waals surface area contributed by atoms with E-state index in [0.717, 1.165) is 31.6 Å². The van der Waals surface area contributed by atoms with E-state index in [1.54, 1.807) is 6.07 Å². The van der Waals surface area contributed by atoms with Crippen LogP contribution in [0.5, 0.6) is 0 Å². The molecule has 1 N–H and O–H groups in total. The van der Waals surface area contributed by atoms with Gasteiger partial charge in [0.15, 0.2) is 0 Å². The van der Waals surface area contributed by atoms with Gasteiger partial charge in [-0.05, 0) is 25.0 Å². The normalized spacial score (nSPS) is 14.3. The fraction of sp³-hybridized carbons (Fsp3) is 0.267. The standard InChI is InChI=1S/C15H16N4O/c20-15(19-8-4-5-9-19)13-10-14(17-11-16-13)18-12-6-2-1-3-7-12/h1-3,6-7,10-11H,4-5,8-9H2,(H,16,17,18). The lowest BCUT2D eigenvalue weighted by Crippen LogP contribution is -2.28. The molecule has 2 heterocycles. The molecule has 1 fully saturated rings. The first kappa shape index (κ1) is 12.6. The minimum Gasteiger partial charge on any atom is -0.340 e. The second kappa shape index (κ2) is 5.69. The smallest absolute Gasteiger partial charge is 0.272 e. The van der Waals surface area contributed by atoms with Gasteiger partial charge in [-0.1, -0.05) is 18.2 Å². The molecule has 2 aromatic rings. The van der Waals surface area contributed by atoms with Crippen molar-refractivity contribution in [3.8, 4) is 0 Å². The summed E-state index contributed by atoms with van der Waals surface area (Å²) >= 11 is 0. The third-order valence-corrected chi connectivity index (χ3v) is 3.33. The fourth-order valence-electron chi connectivity index (χ4n) is 2.29. The Morgan fingerprint density at radius 1 is 1.10 bits per heavy atom. The zero-order valence-electron chi connectivity index (χ0n) is 11.1. The third-order valence-electron chi connectivity index (χ3n) is 3.33. The van der Waals surface area contributed by atoms with Crippen LogP contribution in [0.3, 0.4) is 0 Å². The van der Waals surface area contributed by atoms with E-state index in [-0.39, 0.29) is 5.91 Å². The molecule has 1 aliphatic rings. The molecule has 0 radical (unpaired) electrons. The number of benzene rings is 1. The summed E-state index contributed by atoms with van der Waals surface area (Å²) < 4.78 is 0. The van der Waals surface area contributed by atoms with E-state index in [4.69, 9.17) is 0 Å². The van der Waals surface area contributed by atoms with Gasteiger partial charge in [0.05, 0.1) is 0 Å². The van der Waals surface area contributed by atoms with Crippen LogP contribution in [0.1, 0.15) is 23.3 Å². The second-order valence-corrected chi connectivity index (χ2v) is 4.78. The zero-order chi connectivity index (χ0) is 13.8. The van der Waals surface area contributed by atoms with Crippen molar-refractivity contribution in [3.05, 3.63) is 48.4 Å². The quantitative estimate of drug-likeness (QED) is 0.929. The lowest BCUT2D eigenvalue weighted by atomic mass is 10.3. The van der Waals surface area contributed by atoms with Gasteiger partial charge in [0.2, 0.25) is 0 Å². The zero-order valence-corrected chi connectivity index (χ0v) is 11.1. The average molecular weight is 268 g/mol. The number of anilines is 2. The van der Waals surface area contributed by atoms with Gasteiger partial charge in [-0.3, -0.25) is 4.79 Å².